The Morgan fingerprint density at radius 1 is 1.50 bits per heavy atom. The van der Waals surface area contributed by atoms with Gasteiger partial charge in [0.2, 0.25) is 0 Å². The zero-order chi connectivity index (χ0) is 13.1. The number of benzene rings is 1. The SMILES string of the molecule is C=C(C)COc1cccc(-c2cnn(C)c2N)c1. The molecule has 0 radical (unpaired) electrons. The van der Waals surface area contributed by atoms with Crippen LogP contribution in [0.5, 0.6) is 5.75 Å². The molecular formula is C14H17N3O. The van der Waals surface area contributed by atoms with Gasteiger partial charge >= 0.3 is 0 Å². The van der Waals surface area contributed by atoms with Crippen LogP contribution < -0.4 is 10.5 Å². The van der Waals surface area contributed by atoms with Crippen molar-refractivity contribution in [1.29, 1.82) is 0 Å². The highest BCUT2D eigenvalue weighted by Crippen LogP contribution is 2.28. The maximum atomic E-state index is 5.95. The van der Waals surface area contributed by atoms with Crippen LogP contribution in [-0.2, 0) is 7.05 Å². The van der Waals surface area contributed by atoms with E-state index in [-0.39, 0.29) is 0 Å². The van der Waals surface area contributed by atoms with E-state index < -0.39 is 0 Å². The summed E-state index contributed by atoms with van der Waals surface area (Å²) in [5.41, 5.74) is 8.85. The maximum Gasteiger partial charge on any atom is 0.129 e. The van der Waals surface area contributed by atoms with Gasteiger partial charge in [-0.15, -0.1) is 0 Å². The number of aromatic nitrogens is 2. The molecule has 4 nitrogen and oxygen atoms in total. The standard InChI is InChI=1S/C14H17N3O/c1-10(2)9-18-12-6-4-5-11(7-12)13-8-16-17(3)14(13)15/h4-8H,1,9,15H2,2-3H3. The molecule has 2 aromatic rings. The van der Waals surface area contributed by atoms with Gasteiger partial charge in [-0.05, 0) is 30.2 Å². The van der Waals surface area contributed by atoms with Crippen LogP contribution in [0.25, 0.3) is 11.1 Å². The summed E-state index contributed by atoms with van der Waals surface area (Å²) in [5, 5.41) is 4.13. The van der Waals surface area contributed by atoms with Crippen molar-refractivity contribution in [3.8, 4) is 16.9 Å². The van der Waals surface area contributed by atoms with Gasteiger partial charge in [0.25, 0.3) is 0 Å². The van der Waals surface area contributed by atoms with Crippen LogP contribution >= 0.6 is 0 Å². The van der Waals surface area contributed by atoms with Crippen molar-refractivity contribution in [2.75, 3.05) is 12.3 Å². The first-order chi connectivity index (χ1) is 8.58. The Hall–Kier alpha value is -2.23. The van der Waals surface area contributed by atoms with E-state index in [2.05, 4.69) is 11.7 Å². The van der Waals surface area contributed by atoms with E-state index in [1.807, 2.05) is 38.2 Å². The minimum Gasteiger partial charge on any atom is -0.489 e. The van der Waals surface area contributed by atoms with Gasteiger partial charge in [0.05, 0.1) is 6.20 Å². The van der Waals surface area contributed by atoms with Crippen molar-refractivity contribution in [1.82, 2.24) is 9.78 Å². The molecule has 4 heteroatoms. The Bertz CT molecular complexity index is 572. The molecule has 0 spiro atoms. The fourth-order valence-electron chi connectivity index (χ4n) is 1.63. The maximum absolute atomic E-state index is 5.95. The number of anilines is 1. The summed E-state index contributed by atoms with van der Waals surface area (Å²) in [6.45, 7) is 6.26. The van der Waals surface area contributed by atoms with E-state index in [1.54, 1.807) is 10.9 Å². The molecule has 0 aliphatic carbocycles. The highest BCUT2D eigenvalue weighted by molar-refractivity contribution is 5.74. The summed E-state index contributed by atoms with van der Waals surface area (Å²) in [4.78, 5) is 0. The Balaban J connectivity index is 2.27. The van der Waals surface area contributed by atoms with Crippen LogP contribution in [0.15, 0.2) is 42.6 Å². The van der Waals surface area contributed by atoms with Gasteiger partial charge in [-0.3, -0.25) is 4.68 Å². The molecule has 0 saturated heterocycles. The average molecular weight is 243 g/mol. The first-order valence-corrected chi connectivity index (χ1v) is 5.73. The van der Waals surface area contributed by atoms with E-state index in [9.17, 15) is 0 Å². The Morgan fingerprint density at radius 3 is 2.89 bits per heavy atom. The highest BCUT2D eigenvalue weighted by atomic mass is 16.5. The number of nitrogen functional groups attached to an aromatic ring is 1. The van der Waals surface area contributed by atoms with Gasteiger partial charge in [0, 0.05) is 12.6 Å². The third-order valence-electron chi connectivity index (χ3n) is 2.61. The lowest BCUT2D eigenvalue weighted by atomic mass is 10.1. The lowest BCUT2D eigenvalue weighted by Gasteiger charge is -2.07. The number of hydrogen-bond acceptors (Lipinski definition) is 3. The Kier molecular flexibility index (Phi) is 3.37. The molecule has 2 N–H and O–H groups in total. The quantitative estimate of drug-likeness (QED) is 0.840. The Labute approximate surface area is 107 Å². The van der Waals surface area contributed by atoms with Gasteiger partial charge in [-0.1, -0.05) is 18.7 Å². The average Bonchev–Trinajstić information content (AvgIpc) is 2.68. The zero-order valence-electron chi connectivity index (χ0n) is 10.7. The normalized spacial score (nSPS) is 10.3. The highest BCUT2D eigenvalue weighted by Gasteiger charge is 2.08. The minimum absolute atomic E-state index is 0.520. The number of aryl methyl sites for hydroxylation is 1. The molecule has 94 valence electrons. The van der Waals surface area contributed by atoms with E-state index in [0.717, 1.165) is 22.4 Å². The number of ether oxygens (including phenoxy) is 1. The zero-order valence-corrected chi connectivity index (χ0v) is 10.7. The molecule has 0 aliphatic heterocycles. The van der Waals surface area contributed by atoms with Crippen molar-refractivity contribution in [2.24, 2.45) is 7.05 Å². The minimum atomic E-state index is 0.520. The largest absolute Gasteiger partial charge is 0.489 e. The molecule has 18 heavy (non-hydrogen) atoms. The first kappa shape index (κ1) is 12.2. The van der Waals surface area contributed by atoms with Crippen LogP contribution in [-0.4, -0.2) is 16.4 Å². The van der Waals surface area contributed by atoms with E-state index in [1.165, 1.54) is 0 Å². The molecule has 0 bridgehead atoms. The summed E-state index contributed by atoms with van der Waals surface area (Å²) < 4.78 is 7.26. The van der Waals surface area contributed by atoms with Crippen LogP contribution in [0.3, 0.4) is 0 Å². The van der Waals surface area contributed by atoms with Gasteiger partial charge in [-0.2, -0.15) is 5.10 Å². The molecule has 0 unspecified atom stereocenters. The number of hydrogen-bond donors (Lipinski definition) is 1. The van der Waals surface area contributed by atoms with E-state index in [4.69, 9.17) is 10.5 Å². The second-order valence-electron chi connectivity index (χ2n) is 4.34. The second kappa shape index (κ2) is 4.96. The third-order valence-corrected chi connectivity index (χ3v) is 2.61. The van der Waals surface area contributed by atoms with Gasteiger partial charge in [0.15, 0.2) is 0 Å². The first-order valence-electron chi connectivity index (χ1n) is 5.73. The van der Waals surface area contributed by atoms with Crippen molar-refractivity contribution >= 4 is 5.82 Å². The third kappa shape index (κ3) is 2.53. The van der Waals surface area contributed by atoms with Crippen molar-refractivity contribution in [2.45, 2.75) is 6.92 Å². The number of nitrogens with two attached hydrogens (primary N) is 1. The predicted octanol–water partition coefficient (Wildman–Crippen LogP) is 2.62. The smallest absolute Gasteiger partial charge is 0.129 e. The van der Waals surface area contributed by atoms with E-state index in [0.29, 0.717) is 12.4 Å². The summed E-state index contributed by atoms with van der Waals surface area (Å²) in [6.07, 6.45) is 1.76. The number of nitrogens with zero attached hydrogens (tertiary/aromatic N) is 2. The lowest BCUT2D eigenvalue weighted by molar-refractivity contribution is 0.353. The van der Waals surface area contributed by atoms with Crippen LogP contribution in [0, 0.1) is 0 Å². The molecule has 2 rings (SSSR count). The molecule has 0 amide bonds. The number of rotatable bonds is 4. The topological polar surface area (TPSA) is 53.1 Å². The van der Waals surface area contributed by atoms with Crippen molar-refractivity contribution in [3.63, 3.8) is 0 Å². The molecule has 0 aliphatic rings. The molecular weight excluding hydrogens is 226 g/mol. The van der Waals surface area contributed by atoms with Gasteiger partial charge in [0.1, 0.15) is 18.2 Å². The van der Waals surface area contributed by atoms with E-state index >= 15 is 0 Å². The molecule has 0 fully saturated rings. The van der Waals surface area contributed by atoms with Crippen LogP contribution in [0.1, 0.15) is 6.92 Å². The summed E-state index contributed by atoms with van der Waals surface area (Å²) >= 11 is 0. The van der Waals surface area contributed by atoms with Crippen molar-refractivity contribution < 1.29 is 4.74 Å². The second-order valence-corrected chi connectivity index (χ2v) is 4.34. The fraction of sp³-hybridized carbons (Fsp3) is 0.214. The predicted molar refractivity (Wildman–Crippen MR) is 73.4 cm³/mol. The molecule has 1 heterocycles. The Morgan fingerprint density at radius 2 is 2.28 bits per heavy atom. The summed E-state index contributed by atoms with van der Waals surface area (Å²) in [5.74, 6) is 1.45. The lowest BCUT2D eigenvalue weighted by Crippen LogP contribution is -1.99. The summed E-state index contributed by atoms with van der Waals surface area (Å²) in [7, 11) is 1.82. The van der Waals surface area contributed by atoms with Crippen LogP contribution in [0.2, 0.25) is 0 Å². The fourth-order valence-corrected chi connectivity index (χ4v) is 1.63. The van der Waals surface area contributed by atoms with Gasteiger partial charge < -0.3 is 10.5 Å². The van der Waals surface area contributed by atoms with Crippen molar-refractivity contribution in [3.05, 3.63) is 42.6 Å². The summed E-state index contributed by atoms with van der Waals surface area (Å²) in [6, 6.07) is 7.80. The molecule has 0 atom stereocenters. The molecule has 1 aromatic carbocycles. The van der Waals surface area contributed by atoms with Gasteiger partial charge in [-0.25, -0.2) is 0 Å². The molecule has 0 saturated carbocycles. The monoisotopic (exact) mass is 243 g/mol. The van der Waals surface area contributed by atoms with Crippen LogP contribution in [0.4, 0.5) is 5.82 Å². The molecule has 1 aromatic heterocycles.